The third kappa shape index (κ3) is 5.28. The van der Waals surface area contributed by atoms with Gasteiger partial charge in [-0.25, -0.2) is 9.59 Å². The Morgan fingerprint density at radius 2 is 1.68 bits per heavy atom. The molecule has 0 heterocycles. The molecule has 1 atom stereocenters. The van der Waals surface area contributed by atoms with Gasteiger partial charge in [0.05, 0.1) is 0 Å². The molecule has 0 radical (unpaired) electrons. The number of aromatic hydroxyl groups is 3. The lowest BCUT2D eigenvalue weighted by Crippen LogP contribution is -2.28. The quantitative estimate of drug-likeness (QED) is 0.359. The summed E-state index contributed by atoms with van der Waals surface area (Å²) in [5, 5.41) is 37.0. The first kappa shape index (κ1) is 17.9. The molecule has 25 heavy (non-hydrogen) atoms. The SMILES string of the molecule is O=C(C=Cc1ccc(O)c(O)c1)O[C@H](Cc1ccc(O)cc1)C(=O)O. The normalized spacial score (nSPS) is 12.0. The highest BCUT2D eigenvalue weighted by molar-refractivity contribution is 5.89. The Bertz CT molecular complexity index is 794. The van der Waals surface area contributed by atoms with Gasteiger partial charge in [0.1, 0.15) is 5.75 Å². The summed E-state index contributed by atoms with van der Waals surface area (Å²) < 4.78 is 4.92. The summed E-state index contributed by atoms with van der Waals surface area (Å²) in [6, 6.07) is 9.85. The largest absolute Gasteiger partial charge is 0.508 e. The van der Waals surface area contributed by atoms with Gasteiger partial charge in [0.15, 0.2) is 11.5 Å². The van der Waals surface area contributed by atoms with Crippen molar-refractivity contribution in [2.45, 2.75) is 12.5 Å². The van der Waals surface area contributed by atoms with Gasteiger partial charge in [-0.1, -0.05) is 18.2 Å². The number of carbonyl (C=O) groups excluding carboxylic acids is 1. The van der Waals surface area contributed by atoms with E-state index in [0.717, 1.165) is 6.08 Å². The molecule has 0 bridgehead atoms. The number of hydrogen-bond acceptors (Lipinski definition) is 6. The molecule has 0 aromatic heterocycles. The van der Waals surface area contributed by atoms with Crippen LogP contribution in [0.4, 0.5) is 0 Å². The zero-order valence-electron chi connectivity index (χ0n) is 13.0. The average molecular weight is 344 g/mol. The number of carboxylic acids is 1. The summed E-state index contributed by atoms with van der Waals surface area (Å²) in [7, 11) is 0. The predicted molar refractivity (Wildman–Crippen MR) is 88.1 cm³/mol. The zero-order chi connectivity index (χ0) is 18.4. The number of ether oxygens (including phenoxy) is 1. The van der Waals surface area contributed by atoms with Crippen LogP contribution in [0.25, 0.3) is 6.08 Å². The van der Waals surface area contributed by atoms with Crippen molar-refractivity contribution >= 4 is 18.0 Å². The van der Waals surface area contributed by atoms with Crippen molar-refractivity contribution in [1.29, 1.82) is 0 Å². The second-order valence-electron chi connectivity index (χ2n) is 5.22. The maximum atomic E-state index is 11.8. The standard InChI is InChI=1S/C18H16O7/c19-13-5-1-12(2-6-13)10-16(18(23)24)25-17(22)8-4-11-3-7-14(20)15(21)9-11/h1-9,16,19-21H,10H2,(H,23,24)/t16-/m1/s1. The monoisotopic (exact) mass is 344 g/mol. The molecule has 0 fully saturated rings. The third-order valence-electron chi connectivity index (χ3n) is 3.30. The van der Waals surface area contributed by atoms with Crippen LogP contribution < -0.4 is 0 Å². The first-order chi connectivity index (χ1) is 11.8. The second-order valence-corrected chi connectivity index (χ2v) is 5.22. The first-order valence-electron chi connectivity index (χ1n) is 7.26. The Balaban J connectivity index is 2.01. The van der Waals surface area contributed by atoms with E-state index in [0.29, 0.717) is 11.1 Å². The first-order valence-corrected chi connectivity index (χ1v) is 7.26. The molecule has 130 valence electrons. The zero-order valence-corrected chi connectivity index (χ0v) is 13.0. The molecule has 7 nitrogen and oxygen atoms in total. The van der Waals surface area contributed by atoms with Crippen molar-refractivity contribution in [1.82, 2.24) is 0 Å². The Labute approximate surface area is 143 Å². The Morgan fingerprint density at radius 1 is 1.00 bits per heavy atom. The number of esters is 1. The lowest BCUT2D eigenvalue weighted by molar-refractivity contribution is -0.160. The fraction of sp³-hybridized carbons (Fsp3) is 0.111. The minimum absolute atomic E-state index is 0.0464. The fourth-order valence-corrected chi connectivity index (χ4v) is 2.01. The van der Waals surface area contributed by atoms with E-state index in [-0.39, 0.29) is 23.7 Å². The molecule has 0 saturated heterocycles. The van der Waals surface area contributed by atoms with Crippen LogP contribution in [0.1, 0.15) is 11.1 Å². The molecule has 0 spiro atoms. The van der Waals surface area contributed by atoms with Gasteiger partial charge in [-0.2, -0.15) is 0 Å². The Kier molecular flexibility index (Phi) is 5.62. The number of rotatable bonds is 6. The molecule has 0 aliphatic heterocycles. The van der Waals surface area contributed by atoms with Gasteiger partial charge in [-0.15, -0.1) is 0 Å². The van der Waals surface area contributed by atoms with E-state index in [9.17, 15) is 30.0 Å². The summed E-state index contributed by atoms with van der Waals surface area (Å²) in [4.78, 5) is 23.1. The summed E-state index contributed by atoms with van der Waals surface area (Å²) >= 11 is 0. The van der Waals surface area contributed by atoms with Gasteiger partial charge in [0.25, 0.3) is 0 Å². The molecule has 4 N–H and O–H groups in total. The highest BCUT2D eigenvalue weighted by atomic mass is 16.6. The summed E-state index contributed by atoms with van der Waals surface area (Å²) in [5.74, 6) is -2.74. The Hall–Kier alpha value is -3.48. The van der Waals surface area contributed by atoms with Gasteiger partial charge in [-0.05, 0) is 41.5 Å². The van der Waals surface area contributed by atoms with Gasteiger partial charge in [0, 0.05) is 12.5 Å². The number of hydrogen-bond donors (Lipinski definition) is 4. The number of carboxylic acid groups (broad SMARTS) is 1. The average Bonchev–Trinajstić information content (AvgIpc) is 2.57. The maximum Gasteiger partial charge on any atom is 0.345 e. The summed E-state index contributed by atoms with van der Waals surface area (Å²) in [6.45, 7) is 0. The maximum absolute atomic E-state index is 11.8. The second kappa shape index (κ2) is 7.87. The molecular formula is C18H16O7. The minimum Gasteiger partial charge on any atom is -0.508 e. The van der Waals surface area contributed by atoms with Crippen molar-refractivity contribution < 1.29 is 34.8 Å². The number of phenols is 3. The lowest BCUT2D eigenvalue weighted by atomic mass is 10.1. The van der Waals surface area contributed by atoms with Crippen molar-refractivity contribution in [3.8, 4) is 17.2 Å². The number of phenolic OH excluding ortho intramolecular Hbond substituents is 3. The number of benzene rings is 2. The van der Waals surface area contributed by atoms with Crippen LogP contribution in [0, 0.1) is 0 Å². The van der Waals surface area contributed by atoms with E-state index in [2.05, 4.69) is 0 Å². The minimum atomic E-state index is -1.38. The lowest BCUT2D eigenvalue weighted by Gasteiger charge is -2.12. The van der Waals surface area contributed by atoms with Crippen LogP contribution in [0.5, 0.6) is 17.2 Å². The molecule has 0 saturated carbocycles. The van der Waals surface area contributed by atoms with Crippen LogP contribution >= 0.6 is 0 Å². The molecule has 0 aliphatic rings. The topological polar surface area (TPSA) is 124 Å². The van der Waals surface area contributed by atoms with Gasteiger partial charge in [0.2, 0.25) is 6.10 Å². The van der Waals surface area contributed by atoms with Crippen LogP contribution in [0.15, 0.2) is 48.5 Å². The number of aliphatic carboxylic acids is 1. The van der Waals surface area contributed by atoms with E-state index in [1.54, 1.807) is 0 Å². The van der Waals surface area contributed by atoms with Crippen molar-refractivity contribution in [2.24, 2.45) is 0 Å². The fourth-order valence-electron chi connectivity index (χ4n) is 2.01. The van der Waals surface area contributed by atoms with E-state index >= 15 is 0 Å². The van der Waals surface area contributed by atoms with E-state index in [1.165, 1.54) is 48.5 Å². The molecule has 0 aliphatic carbocycles. The summed E-state index contributed by atoms with van der Waals surface area (Å²) in [5.41, 5.74) is 1.02. The molecule has 7 heteroatoms. The molecule has 2 aromatic carbocycles. The van der Waals surface area contributed by atoms with Crippen molar-refractivity contribution in [3.63, 3.8) is 0 Å². The Morgan fingerprint density at radius 3 is 2.28 bits per heavy atom. The predicted octanol–water partition coefficient (Wildman–Crippen LogP) is 2.06. The van der Waals surface area contributed by atoms with Crippen LogP contribution in [0.3, 0.4) is 0 Å². The van der Waals surface area contributed by atoms with Crippen molar-refractivity contribution in [3.05, 3.63) is 59.7 Å². The molecule has 0 amide bonds. The summed E-state index contributed by atoms with van der Waals surface area (Å²) in [6.07, 6.45) is 0.921. The molecular weight excluding hydrogens is 328 g/mol. The highest BCUT2D eigenvalue weighted by Gasteiger charge is 2.21. The van der Waals surface area contributed by atoms with Crippen LogP contribution in [0.2, 0.25) is 0 Å². The van der Waals surface area contributed by atoms with Crippen LogP contribution in [-0.4, -0.2) is 38.5 Å². The highest BCUT2D eigenvalue weighted by Crippen LogP contribution is 2.25. The van der Waals surface area contributed by atoms with E-state index < -0.39 is 18.0 Å². The van der Waals surface area contributed by atoms with E-state index in [4.69, 9.17) is 4.74 Å². The molecule has 0 unspecified atom stereocenters. The smallest absolute Gasteiger partial charge is 0.345 e. The van der Waals surface area contributed by atoms with Gasteiger partial charge in [-0.3, -0.25) is 0 Å². The van der Waals surface area contributed by atoms with Crippen LogP contribution in [-0.2, 0) is 20.7 Å². The third-order valence-corrected chi connectivity index (χ3v) is 3.30. The van der Waals surface area contributed by atoms with Gasteiger partial charge >= 0.3 is 11.9 Å². The van der Waals surface area contributed by atoms with E-state index in [1.807, 2.05) is 0 Å². The number of carbonyl (C=O) groups is 2. The molecule has 2 aromatic rings. The molecule has 2 rings (SSSR count). The van der Waals surface area contributed by atoms with Gasteiger partial charge < -0.3 is 25.2 Å². The van der Waals surface area contributed by atoms with Crippen molar-refractivity contribution in [2.75, 3.05) is 0 Å².